The molecule has 0 radical (unpaired) electrons. The fourth-order valence-electron chi connectivity index (χ4n) is 1.67. The Hall–Kier alpha value is -2.20. The third kappa shape index (κ3) is 3.67. The van der Waals surface area contributed by atoms with E-state index in [2.05, 4.69) is 15.1 Å². The summed E-state index contributed by atoms with van der Waals surface area (Å²) >= 11 is 0. The van der Waals surface area contributed by atoms with E-state index < -0.39 is 16.0 Å². The van der Waals surface area contributed by atoms with Crippen LogP contribution in [0.25, 0.3) is 0 Å². The highest BCUT2D eigenvalue weighted by Gasteiger charge is 2.23. The molecule has 0 bridgehead atoms. The number of aromatic nitrogens is 4. The third-order valence-electron chi connectivity index (χ3n) is 2.80. The minimum atomic E-state index is -3.69. The Morgan fingerprint density at radius 2 is 2.29 bits per heavy atom. The number of carboxylic acid groups (broad SMARTS) is 1. The van der Waals surface area contributed by atoms with Gasteiger partial charge < -0.3 is 10.1 Å². The van der Waals surface area contributed by atoms with E-state index in [9.17, 15) is 13.2 Å². The number of nitrogens with one attached hydrogen (secondary N) is 1. The predicted octanol–water partition coefficient (Wildman–Crippen LogP) is -0.0984. The van der Waals surface area contributed by atoms with Gasteiger partial charge in [0.05, 0.1) is 25.7 Å². The van der Waals surface area contributed by atoms with Gasteiger partial charge in [-0.2, -0.15) is 9.40 Å². The van der Waals surface area contributed by atoms with Crippen molar-refractivity contribution in [2.45, 2.75) is 24.4 Å². The lowest BCUT2D eigenvalue weighted by Gasteiger charge is -2.14. The number of sulfonamides is 1. The topological polar surface area (TPSA) is 121 Å². The Morgan fingerprint density at radius 1 is 1.52 bits per heavy atom. The van der Waals surface area contributed by atoms with Crippen molar-refractivity contribution in [3.05, 3.63) is 30.6 Å². The number of aliphatic carboxylic acids is 1. The molecule has 0 unspecified atom stereocenters. The van der Waals surface area contributed by atoms with Crippen LogP contribution in [0, 0.1) is 0 Å². The van der Waals surface area contributed by atoms with Crippen LogP contribution in [0.3, 0.4) is 0 Å². The molecule has 0 spiro atoms. The first-order chi connectivity index (χ1) is 9.89. The van der Waals surface area contributed by atoms with Crippen LogP contribution in [0.1, 0.15) is 12.2 Å². The van der Waals surface area contributed by atoms with Crippen molar-refractivity contribution >= 4 is 16.0 Å². The van der Waals surface area contributed by atoms with Gasteiger partial charge in [-0.1, -0.05) is 0 Å². The van der Waals surface area contributed by atoms with E-state index in [4.69, 9.17) is 5.11 Å². The first kappa shape index (κ1) is 15.2. The fourth-order valence-corrected chi connectivity index (χ4v) is 2.76. The number of carbonyl (C=O) groups is 1. The van der Waals surface area contributed by atoms with Crippen LogP contribution in [0.2, 0.25) is 0 Å². The van der Waals surface area contributed by atoms with Gasteiger partial charge in [0.15, 0.2) is 0 Å². The fraction of sp³-hybridized carbons (Fsp3) is 0.364. The van der Waals surface area contributed by atoms with Gasteiger partial charge in [0.1, 0.15) is 10.7 Å². The molecule has 0 fully saturated rings. The number of hydrogen-bond donors (Lipinski definition) is 2. The highest BCUT2D eigenvalue weighted by atomic mass is 32.2. The van der Waals surface area contributed by atoms with Crippen molar-refractivity contribution < 1.29 is 18.3 Å². The number of aromatic amines is 1. The summed E-state index contributed by atoms with van der Waals surface area (Å²) in [6.45, 7) is 0.225. The van der Waals surface area contributed by atoms with Gasteiger partial charge in [-0.05, 0) is 0 Å². The van der Waals surface area contributed by atoms with Gasteiger partial charge in [-0.3, -0.25) is 9.48 Å². The highest BCUT2D eigenvalue weighted by Crippen LogP contribution is 2.15. The molecular weight excluding hydrogens is 298 g/mol. The molecule has 0 atom stereocenters. The SMILES string of the molecule is CN(Cc1ncc[nH]1)S(=O)(=O)c1cnn(CCC(=O)O)c1. The van der Waals surface area contributed by atoms with E-state index in [0.717, 1.165) is 4.31 Å². The van der Waals surface area contributed by atoms with Crippen LogP contribution < -0.4 is 0 Å². The van der Waals surface area contributed by atoms with Gasteiger partial charge in [-0.25, -0.2) is 13.4 Å². The first-order valence-electron chi connectivity index (χ1n) is 6.08. The van der Waals surface area contributed by atoms with Crippen LogP contribution in [0.4, 0.5) is 0 Å². The summed E-state index contributed by atoms with van der Waals surface area (Å²) in [5.41, 5.74) is 0. The van der Waals surface area contributed by atoms with E-state index >= 15 is 0 Å². The van der Waals surface area contributed by atoms with E-state index in [1.807, 2.05) is 0 Å². The largest absolute Gasteiger partial charge is 0.481 e. The average molecular weight is 313 g/mol. The number of H-pyrrole nitrogens is 1. The molecule has 2 aromatic heterocycles. The molecule has 0 aliphatic heterocycles. The molecule has 2 aromatic rings. The maximum absolute atomic E-state index is 12.3. The Kier molecular flexibility index (Phi) is 4.38. The Morgan fingerprint density at radius 3 is 2.90 bits per heavy atom. The molecule has 21 heavy (non-hydrogen) atoms. The van der Waals surface area contributed by atoms with E-state index in [1.165, 1.54) is 24.1 Å². The van der Waals surface area contributed by atoms with Gasteiger partial charge in [0, 0.05) is 25.6 Å². The minimum absolute atomic E-state index is 0.0157. The second kappa shape index (κ2) is 6.06. The second-order valence-electron chi connectivity index (χ2n) is 4.38. The van der Waals surface area contributed by atoms with Gasteiger partial charge >= 0.3 is 5.97 Å². The first-order valence-corrected chi connectivity index (χ1v) is 7.52. The van der Waals surface area contributed by atoms with Crippen molar-refractivity contribution in [2.75, 3.05) is 7.05 Å². The molecule has 0 aliphatic carbocycles. The summed E-state index contributed by atoms with van der Waals surface area (Å²) in [5.74, 6) is -0.441. The lowest BCUT2D eigenvalue weighted by Crippen LogP contribution is -2.26. The number of hydrogen-bond acceptors (Lipinski definition) is 5. The van der Waals surface area contributed by atoms with Crippen LogP contribution in [-0.4, -0.2) is 50.6 Å². The monoisotopic (exact) mass is 313 g/mol. The maximum Gasteiger partial charge on any atom is 0.305 e. The summed E-state index contributed by atoms with van der Waals surface area (Å²) < 4.78 is 27.1. The molecule has 0 saturated heterocycles. The van der Waals surface area contributed by atoms with E-state index in [1.54, 1.807) is 12.4 Å². The summed E-state index contributed by atoms with van der Waals surface area (Å²) in [7, 11) is -2.25. The van der Waals surface area contributed by atoms with E-state index in [-0.39, 0.29) is 24.4 Å². The molecule has 10 heteroatoms. The van der Waals surface area contributed by atoms with Crippen molar-refractivity contribution in [3.63, 3.8) is 0 Å². The zero-order valence-electron chi connectivity index (χ0n) is 11.3. The van der Waals surface area contributed by atoms with Gasteiger partial charge in [-0.15, -0.1) is 0 Å². The molecular formula is C11H15N5O4S. The molecule has 2 heterocycles. The normalized spacial score (nSPS) is 11.9. The zero-order valence-corrected chi connectivity index (χ0v) is 12.1. The Balaban J connectivity index is 2.10. The summed E-state index contributed by atoms with van der Waals surface area (Å²) in [5, 5.41) is 12.5. The second-order valence-corrected chi connectivity index (χ2v) is 6.42. The van der Waals surface area contributed by atoms with E-state index in [0.29, 0.717) is 5.82 Å². The summed E-state index contributed by atoms with van der Waals surface area (Å²) in [4.78, 5) is 17.3. The number of rotatable bonds is 7. The van der Waals surface area contributed by atoms with Crippen LogP contribution in [-0.2, 0) is 27.9 Å². The quantitative estimate of drug-likeness (QED) is 0.736. The predicted molar refractivity (Wildman–Crippen MR) is 71.7 cm³/mol. The number of imidazole rings is 1. The van der Waals surface area contributed by atoms with Gasteiger partial charge in [0.2, 0.25) is 10.0 Å². The molecule has 2 rings (SSSR count). The Bertz CT molecular complexity index is 707. The summed E-state index contributed by atoms with van der Waals surface area (Å²) in [6.07, 6.45) is 5.55. The highest BCUT2D eigenvalue weighted by molar-refractivity contribution is 7.89. The van der Waals surface area contributed by atoms with Crippen molar-refractivity contribution in [1.29, 1.82) is 0 Å². The third-order valence-corrected chi connectivity index (χ3v) is 4.56. The molecule has 0 aromatic carbocycles. The van der Waals surface area contributed by atoms with Gasteiger partial charge in [0.25, 0.3) is 0 Å². The molecule has 0 aliphatic rings. The number of nitrogens with zero attached hydrogens (tertiary/aromatic N) is 4. The molecule has 114 valence electrons. The smallest absolute Gasteiger partial charge is 0.305 e. The number of carboxylic acids is 1. The lowest BCUT2D eigenvalue weighted by molar-refractivity contribution is -0.137. The molecule has 2 N–H and O–H groups in total. The van der Waals surface area contributed by atoms with Crippen LogP contribution in [0.5, 0.6) is 0 Å². The maximum atomic E-state index is 12.3. The molecule has 9 nitrogen and oxygen atoms in total. The zero-order chi connectivity index (χ0) is 15.5. The van der Waals surface area contributed by atoms with Crippen molar-refractivity contribution in [1.82, 2.24) is 24.1 Å². The summed E-state index contributed by atoms with van der Waals surface area (Å²) in [6, 6.07) is 0. The van der Waals surface area contributed by atoms with Crippen LogP contribution in [0.15, 0.2) is 29.7 Å². The number of aryl methyl sites for hydroxylation is 1. The van der Waals surface area contributed by atoms with Crippen LogP contribution >= 0.6 is 0 Å². The minimum Gasteiger partial charge on any atom is -0.481 e. The average Bonchev–Trinajstić information content (AvgIpc) is 3.07. The lowest BCUT2D eigenvalue weighted by atomic mass is 10.4. The standard InChI is InChI=1S/C11H15N5O4S/c1-15(8-10-12-3-4-13-10)21(19,20)9-6-14-16(7-9)5-2-11(17)18/h3-4,6-7H,2,5,8H2,1H3,(H,12,13)(H,17,18). The van der Waals surface area contributed by atoms with Crippen molar-refractivity contribution in [2.24, 2.45) is 0 Å². The Labute approximate surface area is 121 Å². The van der Waals surface area contributed by atoms with Crippen molar-refractivity contribution in [3.8, 4) is 0 Å². The molecule has 0 saturated carbocycles. The molecule has 0 amide bonds.